The molecule has 0 atom stereocenters. The number of ether oxygens (including phenoxy) is 1. The van der Waals surface area contributed by atoms with Crippen LogP contribution in [0.3, 0.4) is 0 Å². The molecule has 1 aromatic carbocycles. The summed E-state index contributed by atoms with van der Waals surface area (Å²) in [6, 6.07) is 5.26. The van der Waals surface area contributed by atoms with Gasteiger partial charge in [-0.1, -0.05) is 29.3 Å². The van der Waals surface area contributed by atoms with Crippen molar-refractivity contribution in [1.29, 1.82) is 0 Å². The van der Waals surface area contributed by atoms with Crippen LogP contribution in [0.5, 0.6) is 0 Å². The van der Waals surface area contributed by atoms with E-state index in [9.17, 15) is 4.79 Å². The molecular weight excluding hydrogens is 299 g/mol. The van der Waals surface area contributed by atoms with E-state index in [1.807, 2.05) is 6.07 Å². The number of nitrogens with one attached hydrogen (secondary N) is 1. The summed E-state index contributed by atoms with van der Waals surface area (Å²) in [6.07, 6.45) is 2.04. The fourth-order valence-electron chi connectivity index (χ4n) is 1.86. The van der Waals surface area contributed by atoms with E-state index >= 15 is 0 Å². The highest BCUT2D eigenvalue weighted by molar-refractivity contribution is 6.35. The van der Waals surface area contributed by atoms with Crippen molar-refractivity contribution in [2.75, 3.05) is 12.3 Å². The number of esters is 1. The molecule has 0 fully saturated rings. The van der Waals surface area contributed by atoms with Gasteiger partial charge in [0.05, 0.1) is 12.3 Å². The van der Waals surface area contributed by atoms with Crippen LogP contribution in [0.4, 0.5) is 5.69 Å². The molecule has 2 aromatic rings. The Morgan fingerprint density at radius 1 is 1.40 bits per heavy atom. The number of rotatable bonds is 4. The lowest BCUT2D eigenvalue weighted by molar-refractivity contribution is 0.0528. The Balaban J connectivity index is 2.24. The Morgan fingerprint density at radius 3 is 2.80 bits per heavy atom. The predicted octanol–water partition coefficient (Wildman–Crippen LogP) is 3.67. The zero-order valence-electron chi connectivity index (χ0n) is 10.9. The first-order chi connectivity index (χ1) is 9.52. The second-order valence-corrected chi connectivity index (χ2v) is 5.07. The summed E-state index contributed by atoms with van der Waals surface area (Å²) < 4.78 is 4.93. The van der Waals surface area contributed by atoms with Gasteiger partial charge in [-0.3, -0.25) is 0 Å². The number of aromatic amines is 1. The Morgan fingerprint density at radius 2 is 2.15 bits per heavy atom. The standard InChI is InChI=1S/C14H14Cl2N2O2/c1-2-20-14(19)10-7-18-12(13(10)17)5-8-3-4-9(15)6-11(8)16/h3-4,6-7,18H,2,5,17H2,1H3. The number of anilines is 1. The van der Waals surface area contributed by atoms with Crippen molar-refractivity contribution in [2.45, 2.75) is 13.3 Å². The number of carbonyl (C=O) groups is 1. The van der Waals surface area contributed by atoms with Gasteiger partial charge in [0.15, 0.2) is 0 Å². The van der Waals surface area contributed by atoms with Crippen molar-refractivity contribution in [3.05, 3.63) is 51.3 Å². The highest BCUT2D eigenvalue weighted by atomic mass is 35.5. The molecular formula is C14H14Cl2N2O2. The SMILES string of the molecule is CCOC(=O)c1c[nH]c(Cc2ccc(Cl)cc2Cl)c1N. The lowest BCUT2D eigenvalue weighted by atomic mass is 10.1. The molecule has 0 aliphatic rings. The second kappa shape index (κ2) is 6.20. The average Bonchev–Trinajstić information content (AvgIpc) is 2.75. The average molecular weight is 313 g/mol. The van der Waals surface area contributed by atoms with Crippen LogP contribution in [0.15, 0.2) is 24.4 Å². The first-order valence-electron chi connectivity index (χ1n) is 6.09. The molecule has 0 radical (unpaired) electrons. The number of aromatic nitrogens is 1. The molecule has 0 saturated carbocycles. The van der Waals surface area contributed by atoms with E-state index in [-0.39, 0.29) is 0 Å². The first kappa shape index (κ1) is 14.8. The monoisotopic (exact) mass is 312 g/mol. The molecule has 6 heteroatoms. The van der Waals surface area contributed by atoms with Crippen LogP contribution in [-0.4, -0.2) is 17.6 Å². The summed E-state index contributed by atoms with van der Waals surface area (Å²) >= 11 is 12.0. The van der Waals surface area contributed by atoms with Gasteiger partial charge in [-0.15, -0.1) is 0 Å². The van der Waals surface area contributed by atoms with Gasteiger partial charge in [-0.2, -0.15) is 0 Å². The van der Waals surface area contributed by atoms with Crippen molar-refractivity contribution in [3.63, 3.8) is 0 Å². The maximum absolute atomic E-state index is 11.7. The van der Waals surface area contributed by atoms with Crippen LogP contribution in [0, 0.1) is 0 Å². The van der Waals surface area contributed by atoms with E-state index in [0.717, 1.165) is 11.3 Å². The van der Waals surface area contributed by atoms with Gasteiger partial charge >= 0.3 is 5.97 Å². The molecule has 1 aromatic heterocycles. The highest BCUT2D eigenvalue weighted by Crippen LogP contribution is 2.26. The van der Waals surface area contributed by atoms with Crippen LogP contribution in [0.25, 0.3) is 0 Å². The first-order valence-corrected chi connectivity index (χ1v) is 6.85. The van der Waals surface area contributed by atoms with Crippen LogP contribution < -0.4 is 5.73 Å². The van der Waals surface area contributed by atoms with E-state index in [1.165, 1.54) is 0 Å². The fraction of sp³-hybridized carbons (Fsp3) is 0.214. The largest absolute Gasteiger partial charge is 0.462 e. The number of carbonyl (C=O) groups excluding carboxylic acids is 1. The summed E-state index contributed by atoms with van der Waals surface area (Å²) in [4.78, 5) is 14.7. The smallest absolute Gasteiger partial charge is 0.341 e. The molecule has 0 aliphatic carbocycles. The van der Waals surface area contributed by atoms with E-state index in [4.69, 9.17) is 33.7 Å². The topological polar surface area (TPSA) is 68.1 Å². The highest BCUT2D eigenvalue weighted by Gasteiger charge is 2.16. The predicted molar refractivity (Wildman–Crippen MR) is 80.4 cm³/mol. The van der Waals surface area contributed by atoms with Crippen LogP contribution in [0.2, 0.25) is 10.0 Å². The maximum Gasteiger partial charge on any atom is 0.341 e. The molecule has 0 unspecified atom stereocenters. The molecule has 106 valence electrons. The lowest BCUT2D eigenvalue weighted by Gasteiger charge is -2.05. The summed E-state index contributed by atoms with van der Waals surface area (Å²) in [7, 11) is 0. The Labute approximate surface area is 126 Å². The molecule has 3 N–H and O–H groups in total. The number of benzene rings is 1. The van der Waals surface area contributed by atoms with Crippen molar-refractivity contribution < 1.29 is 9.53 Å². The van der Waals surface area contributed by atoms with Crippen LogP contribution in [-0.2, 0) is 11.2 Å². The second-order valence-electron chi connectivity index (χ2n) is 4.23. The quantitative estimate of drug-likeness (QED) is 0.846. The van der Waals surface area contributed by atoms with Gasteiger partial charge in [0.2, 0.25) is 0 Å². The normalized spacial score (nSPS) is 10.6. The van der Waals surface area contributed by atoms with Gasteiger partial charge in [-0.25, -0.2) is 4.79 Å². The van der Waals surface area contributed by atoms with E-state index in [1.54, 1.807) is 25.3 Å². The van der Waals surface area contributed by atoms with Crippen LogP contribution >= 0.6 is 23.2 Å². The lowest BCUT2D eigenvalue weighted by Crippen LogP contribution is -2.06. The molecule has 0 bridgehead atoms. The Hall–Kier alpha value is -1.65. The molecule has 0 saturated heterocycles. The minimum Gasteiger partial charge on any atom is -0.462 e. The van der Waals surface area contributed by atoms with Crippen molar-refractivity contribution in [1.82, 2.24) is 4.98 Å². The number of hydrogen-bond donors (Lipinski definition) is 2. The third-order valence-corrected chi connectivity index (χ3v) is 3.47. The molecule has 0 aliphatic heterocycles. The van der Waals surface area contributed by atoms with Crippen molar-refractivity contribution >= 4 is 34.9 Å². The number of hydrogen-bond acceptors (Lipinski definition) is 3. The van der Waals surface area contributed by atoms with Gasteiger partial charge in [0.1, 0.15) is 5.56 Å². The van der Waals surface area contributed by atoms with Gasteiger partial charge < -0.3 is 15.5 Å². The number of halogens is 2. The maximum atomic E-state index is 11.7. The van der Waals surface area contributed by atoms with E-state index in [0.29, 0.717) is 34.3 Å². The number of nitrogen functional groups attached to an aromatic ring is 1. The summed E-state index contributed by atoms with van der Waals surface area (Å²) in [6.45, 7) is 2.05. The van der Waals surface area contributed by atoms with Gasteiger partial charge in [0.25, 0.3) is 0 Å². The van der Waals surface area contributed by atoms with E-state index in [2.05, 4.69) is 4.98 Å². The van der Waals surface area contributed by atoms with Crippen molar-refractivity contribution in [3.8, 4) is 0 Å². The Bertz CT molecular complexity index is 638. The molecule has 20 heavy (non-hydrogen) atoms. The zero-order chi connectivity index (χ0) is 14.7. The molecule has 0 amide bonds. The molecule has 4 nitrogen and oxygen atoms in total. The third-order valence-electron chi connectivity index (χ3n) is 2.88. The van der Waals surface area contributed by atoms with Gasteiger partial charge in [0, 0.05) is 28.4 Å². The third kappa shape index (κ3) is 3.08. The summed E-state index contributed by atoms with van der Waals surface area (Å²) in [5, 5.41) is 1.13. The molecule has 1 heterocycles. The number of nitrogens with two attached hydrogens (primary N) is 1. The van der Waals surface area contributed by atoms with Crippen molar-refractivity contribution in [2.24, 2.45) is 0 Å². The zero-order valence-corrected chi connectivity index (χ0v) is 12.4. The minimum absolute atomic E-state index is 0.307. The van der Waals surface area contributed by atoms with Gasteiger partial charge in [-0.05, 0) is 24.6 Å². The number of H-pyrrole nitrogens is 1. The molecule has 2 rings (SSSR count). The summed E-state index contributed by atoms with van der Waals surface area (Å²) in [5.74, 6) is -0.435. The minimum atomic E-state index is -0.435. The fourth-order valence-corrected chi connectivity index (χ4v) is 2.33. The van der Waals surface area contributed by atoms with Crippen LogP contribution in [0.1, 0.15) is 28.5 Å². The summed E-state index contributed by atoms with van der Waals surface area (Å²) in [5.41, 5.74) is 8.28. The van der Waals surface area contributed by atoms with E-state index < -0.39 is 5.97 Å². The molecule has 0 spiro atoms. The Kier molecular flexibility index (Phi) is 4.57.